The van der Waals surface area contributed by atoms with Crippen LogP contribution in [-0.4, -0.2) is 34.4 Å². The smallest absolute Gasteiger partial charge is 0.226 e. The molecule has 2 heterocycles. The first-order chi connectivity index (χ1) is 16.5. The molecule has 1 aliphatic heterocycles. The molecule has 0 radical (unpaired) electrons. The standard InChI is InChI=1S/C27H33FN4O2/c1-34-24-9-17(2-3-22(24)28)14-32-5-4-21-23(15-32)29-16-30-26(21)31-25(33)13-27-10-18-6-19(11-27)8-20(7-18)12-27/h2-3,9,16,18-20H,4-8,10-15H2,1H3,(H,29,30,31,33). The lowest BCUT2D eigenvalue weighted by Crippen LogP contribution is -2.47. The maximum Gasteiger partial charge on any atom is 0.226 e. The molecule has 0 saturated heterocycles. The van der Waals surface area contributed by atoms with Crippen LogP contribution >= 0.6 is 0 Å². The van der Waals surface area contributed by atoms with Crippen LogP contribution in [0, 0.1) is 29.0 Å². The number of hydrogen-bond donors (Lipinski definition) is 1. The molecule has 0 spiro atoms. The lowest BCUT2D eigenvalue weighted by atomic mass is 9.49. The lowest BCUT2D eigenvalue weighted by molar-refractivity contribution is -0.124. The second kappa shape index (κ2) is 8.59. The number of benzene rings is 1. The molecular weight excluding hydrogens is 431 g/mol. The van der Waals surface area contributed by atoms with E-state index in [1.807, 2.05) is 0 Å². The number of amides is 1. The quantitative estimate of drug-likeness (QED) is 0.670. The number of aromatic nitrogens is 2. The van der Waals surface area contributed by atoms with Crippen LogP contribution in [-0.2, 0) is 24.3 Å². The van der Waals surface area contributed by atoms with Crippen molar-refractivity contribution in [3.8, 4) is 5.75 Å². The number of nitrogens with zero attached hydrogens (tertiary/aromatic N) is 3. The van der Waals surface area contributed by atoms with Crippen LogP contribution in [0.3, 0.4) is 0 Å². The van der Waals surface area contributed by atoms with Crippen molar-refractivity contribution in [2.24, 2.45) is 23.2 Å². The largest absolute Gasteiger partial charge is 0.494 e. The topological polar surface area (TPSA) is 67.3 Å². The highest BCUT2D eigenvalue weighted by atomic mass is 19.1. The molecule has 1 aromatic carbocycles. The zero-order valence-electron chi connectivity index (χ0n) is 19.9. The molecule has 7 heteroatoms. The molecule has 7 rings (SSSR count). The number of halogens is 1. The van der Waals surface area contributed by atoms with Crippen LogP contribution in [0.25, 0.3) is 0 Å². The van der Waals surface area contributed by atoms with E-state index >= 15 is 0 Å². The zero-order chi connectivity index (χ0) is 23.3. The van der Waals surface area contributed by atoms with Crippen molar-refractivity contribution in [3.05, 3.63) is 47.2 Å². The Labute approximate surface area is 200 Å². The Kier molecular flexibility index (Phi) is 5.55. The van der Waals surface area contributed by atoms with Gasteiger partial charge in [0.25, 0.3) is 0 Å². The molecule has 1 N–H and O–H groups in total. The minimum absolute atomic E-state index is 0.115. The number of fused-ring (bicyclic) bond motifs is 1. The summed E-state index contributed by atoms with van der Waals surface area (Å²) in [5.74, 6) is 3.25. The summed E-state index contributed by atoms with van der Waals surface area (Å²) in [7, 11) is 1.48. The molecule has 5 aliphatic rings. The fraction of sp³-hybridized carbons (Fsp3) is 0.593. The summed E-state index contributed by atoms with van der Waals surface area (Å²) < 4.78 is 18.9. The Morgan fingerprint density at radius 3 is 2.62 bits per heavy atom. The first kappa shape index (κ1) is 22.0. The minimum Gasteiger partial charge on any atom is -0.494 e. The Morgan fingerprint density at radius 2 is 1.91 bits per heavy atom. The maximum absolute atomic E-state index is 13.7. The van der Waals surface area contributed by atoms with Gasteiger partial charge in [0.15, 0.2) is 11.6 Å². The third-order valence-corrected chi connectivity index (χ3v) is 8.67. The highest BCUT2D eigenvalue weighted by Crippen LogP contribution is 2.61. The lowest BCUT2D eigenvalue weighted by Gasteiger charge is -2.56. The van der Waals surface area contributed by atoms with Crippen LogP contribution in [0.1, 0.15) is 61.8 Å². The molecular formula is C27H33FN4O2. The number of rotatable bonds is 6. The van der Waals surface area contributed by atoms with Gasteiger partial charge >= 0.3 is 0 Å². The summed E-state index contributed by atoms with van der Waals surface area (Å²) in [6, 6.07) is 5.00. The number of nitrogens with one attached hydrogen (secondary N) is 1. The fourth-order valence-electron chi connectivity index (χ4n) is 7.74. The normalized spacial score (nSPS) is 29.6. The molecule has 1 amide bonds. The Hall–Kier alpha value is -2.54. The second-order valence-electron chi connectivity index (χ2n) is 11.2. The van der Waals surface area contributed by atoms with Gasteiger partial charge in [-0.25, -0.2) is 14.4 Å². The van der Waals surface area contributed by atoms with Crippen molar-refractivity contribution in [1.82, 2.24) is 14.9 Å². The first-order valence-electron chi connectivity index (χ1n) is 12.7. The zero-order valence-corrected chi connectivity index (χ0v) is 19.9. The molecule has 2 aromatic rings. The molecule has 180 valence electrons. The number of anilines is 1. The Morgan fingerprint density at radius 1 is 1.18 bits per heavy atom. The van der Waals surface area contributed by atoms with E-state index < -0.39 is 0 Å². The monoisotopic (exact) mass is 464 g/mol. The van der Waals surface area contributed by atoms with Crippen LogP contribution in [0.4, 0.5) is 10.2 Å². The number of ether oxygens (including phenoxy) is 1. The number of carbonyl (C=O) groups is 1. The van der Waals surface area contributed by atoms with Crippen LogP contribution in [0.5, 0.6) is 5.75 Å². The molecule has 34 heavy (non-hydrogen) atoms. The molecule has 1 aromatic heterocycles. The summed E-state index contributed by atoms with van der Waals surface area (Å²) in [6.45, 7) is 2.20. The average molecular weight is 465 g/mol. The predicted molar refractivity (Wildman–Crippen MR) is 127 cm³/mol. The van der Waals surface area contributed by atoms with Gasteiger partial charge in [-0.15, -0.1) is 0 Å². The van der Waals surface area contributed by atoms with Gasteiger partial charge < -0.3 is 10.1 Å². The maximum atomic E-state index is 13.7. The van der Waals surface area contributed by atoms with E-state index in [0.717, 1.165) is 47.5 Å². The third kappa shape index (κ3) is 4.19. The molecule has 4 aliphatic carbocycles. The average Bonchev–Trinajstić information content (AvgIpc) is 2.79. The molecule has 0 atom stereocenters. The van der Waals surface area contributed by atoms with E-state index in [-0.39, 0.29) is 22.9 Å². The predicted octanol–water partition coefficient (Wildman–Crippen LogP) is 4.73. The van der Waals surface area contributed by atoms with Gasteiger partial charge in [-0.05, 0) is 85.8 Å². The van der Waals surface area contributed by atoms with Crippen molar-refractivity contribution in [3.63, 3.8) is 0 Å². The molecule has 6 nitrogen and oxygen atoms in total. The van der Waals surface area contributed by atoms with Gasteiger partial charge in [0.1, 0.15) is 12.1 Å². The SMILES string of the molecule is COc1cc(CN2CCc3c(ncnc3NC(=O)CC34CC5CC(CC(C5)C3)C4)C2)ccc1F. The van der Waals surface area contributed by atoms with E-state index in [0.29, 0.717) is 25.3 Å². The van der Waals surface area contributed by atoms with E-state index in [4.69, 9.17) is 4.74 Å². The summed E-state index contributed by atoms with van der Waals surface area (Å²) in [6.07, 6.45) is 10.8. The molecule has 4 bridgehead atoms. The fourth-order valence-corrected chi connectivity index (χ4v) is 7.74. The number of hydrogen-bond acceptors (Lipinski definition) is 5. The van der Waals surface area contributed by atoms with Crippen LogP contribution in [0.2, 0.25) is 0 Å². The van der Waals surface area contributed by atoms with Gasteiger partial charge in [-0.3, -0.25) is 9.69 Å². The van der Waals surface area contributed by atoms with Gasteiger partial charge in [-0.2, -0.15) is 0 Å². The van der Waals surface area contributed by atoms with Crippen LogP contribution < -0.4 is 10.1 Å². The van der Waals surface area contributed by atoms with E-state index in [2.05, 4.69) is 20.2 Å². The van der Waals surface area contributed by atoms with E-state index in [1.54, 1.807) is 18.5 Å². The van der Waals surface area contributed by atoms with Gasteiger partial charge in [0, 0.05) is 31.6 Å². The summed E-state index contributed by atoms with van der Waals surface area (Å²) in [5, 5.41) is 3.16. The minimum atomic E-state index is -0.350. The Balaban J connectivity index is 1.12. The second-order valence-corrected chi connectivity index (χ2v) is 11.2. The van der Waals surface area contributed by atoms with Gasteiger partial charge in [0.2, 0.25) is 5.91 Å². The van der Waals surface area contributed by atoms with Crippen molar-refractivity contribution >= 4 is 11.7 Å². The van der Waals surface area contributed by atoms with Gasteiger partial charge in [-0.1, -0.05) is 6.07 Å². The molecule has 4 saturated carbocycles. The summed E-state index contributed by atoms with van der Waals surface area (Å²) >= 11 is 0. The molecule has 0 unspecified atom stereocenters. The highest BCUT2D eigenvalue weighted by Gasteiger charge is 2.51. The highest BCUT2D eigenvalue weighted by molar-refractivity contribution is 5.91. The van der Waals surface area contributed by atoms with E-state index in [9.17, 15) is 9.18 Å². The van der Waals surface area contributed by atoms with Gasteiger partial charge in [0.05, 0.1) is 12.8 Å². The van der Waals surface area contributed by atoms with Crippen molar-refractivity contribution in [2.75, 3.05) is 19.0 Å². The van der Waals surface area contributed by atoms with Crippen molar-refractivity contribution < 1.29 is 13.9 Å². The summed E-state index contributed by atoms with van der Waals surface area (Å²) in [5.41, 5.74) is 3.23. The van der Waals surface area contributed by atoms with Crippen LogP contribution in [0.15, 0.2) is 24.5 Å². The van der Waals surface area contributed by atoms with Crippen molar-refractivity contribution in [1.29, 1.82) is 0 Å². The van der Waals surface area contributed by atoms with E-state index in [1.165, 1.54) is 51.7 Å². The Bertz CT molecular complexity index is 1070. The number of methoxy groups -OCH3 is 1. The number of carbonyl (C=O) groups excluding carboxylic acids is 1. The summed E-state index contributed by atoms with van der Waals surface area (Å²) in [4.78, 5) is 24.4. The molecule has 4 fully saturated rings. The van der Waals surface area contributed by atoms with Crippen molar-refractivity contribution in [2.45, 2.75) is 64.5 Å². The first-order valence-corrected chi connectivity index (χ1v) is 12.7. The third-order valence-electron chi connectivity index (χ3n) is 8.67.